The van der Waals surface area contributed by atoms with Crippen LogP contribution in [0.5, 0.6) is 5.75 Å². The first kappa shape index (κ1) is 19.7. The number of fused-ring (bicyclic) bond motifs is 1. The molecule has 1 aliphatic heterocycles. The summed E-state index contributed by atoms with van der Waals surface area (Å²) in [6.45, 7) is 6.64. The first-order valence-corrected chi connectivity index (χ1v) is 11.1. The Labute approximate surface area is 170 Å². The molecule has 1 fully saturated rings. The minimum atomic E-state index is -3.86. The largest absolute Gasteiger partial charge is 0.497 e. The molecule has 0 amide bonds. The van der Waals surface area contributed by atoms with E-state index < -0.39 is 15.8 Å². The molecule has 8 heteroatoms. The number of nitrogens with zero attached hydrogens (tertiary/aromatic N) is 3. The summed E-state index contributed by atoms with van der Waals surface area (Å²) in [6, 6.07) is 10.3. The topological polar surface area (TPSA) is 54.8 Å². The molecule has 0 unspecified atom stereocenters. The second-order valence-electron chi connectivity index (χ2n) is 7.07. The summed E-state index contributed by atoms with van der Waals surface area (Å²) >= 11 is 0. The van der Waals surface area contributed by atoms with Gasteiger partial charge in [-0.1, -0.05) is 6.92 Å². The molecule has 0 saturated carbocycles. The number of methoxy groups -OCH3 is 1. The molecule has 0 radical (unpaired) electrons. The quantitative estimate of drug-likeness (QED) is 0.638. The Kier molecular flexibility index (Phi) is 5.23. The zero-order valence-corrected chi connectivity index (χ0v) is 17.3. The lowest BCUT2D eigenvalue weighted by molar-refractivity contribution is 0.271. The van der Waals surface area contributed by atoms with Crippen molar-refractivity contribution in [2.24, 2.45) is 0 Å². The highest BCUT2D eigenvalue weighted by molar-refractivity contribution is 7.90. The molecule has 0 bridgehead atoms. The maximum Gasteiger partial charge on any atom is 0.268 e. The van der Waals surface area contributed by atoms with Gasteiger partial charge in [-0.15, -0.1) is 0 Å². The van der Waals surface area contributed by atoms with Gasteiger partial charge in [0.05, 0.1) is 23.2 Å². The molecule has 4 rings (SSSR count). The lowest BCUT2D eigenvalue weighted by Crippen LogP contribution is -2.46. The van der Waals surface area contributed by atoms with Crippen LogP contribution in [-0.4, -0.2) is 57.1 Å². The van der Waals surface area contributed by atoms with Crippen molar-refractivity contribution < 1.29 is 17.5 Å². The van der Waals surface area contributed by atoms with Crippen molar-refractivity contribution in [3.05, 3.63) is 54.5 Å². The fourth-order valence-electron chi connectivity index (χ4n) is 3.77. The molecule has 1 aliphatic rings. The van der Waals surface area contributed by atoms with Crippen molar-refractivity contribution in [2.75, 3.05) is 44.7 Å². The summed E-state index contributed by atoms with van der Waals surface area (Å²) in [4.78, 5) is 4.63. The number of piperazine rings is 1. The van der Waals surface area contributed by atoms with Gasteiger partial charge in [-0.05, 0) is 49.0 Å². The number of likely N-dealkylation sites (N-methyl/N-ethyl adjacent to an activating group) is 1. The number of hydrogen-bond donors (Lipinski definition) is 0. The Bertz CT molecular complexity index is 1120. The van der Waals surface area contributed by atoms with E-state index in [4.69, 9.17) is 4.74 Å². The summed E-state index contributed by atoms with van der Waals surface area (Å²) in [5.74, 6) is 0.198. The van der Waals surface area contributed by atoms with Gasteiger partial charge in [0.1, 0.15) is 11.6 Å². The lowest BCUT2D eigenvalue weighted by atomic mass is 10.2. The van der Waals surface area contributed by atoms with Crippen LogP contribution in [0.4, 0.5) is 10.1 Å². The molecule has 29 heavy (non-hydrogen) atoms. The normalized spacial score (nSPS) is 15.8. The number of benzene rings is 2. The van der Waals surface area contributed by atoms with Gasteiger partial charge in [-0.25, -0.2) is 16.8 Å². The van der Waals surface area contributed by atoms with E-state index in [1.807, 2.05) is 6.07 Å². The van der Waals surface area contributed by atoms with Crippen LogP contribution in [0, 0.1) is 5.82 Å². The van der Waals surface area contributed by atoms with Gasteiger partial charge in [-0.2, -0.15) is 0 Å². The third kappa shape index (κ3) is 3.58. The van der Waals surface area contributed by atoms with Crippen LogP contribution in [0.15, 0.2) is 53.6 Å². The first-order valence-electron chi connectivity index (χ1n) is 9.61. The average Bonchev–Trinajstić information content (AvgIpc) is 3.13. The third-order valence-corrected chi connectivity index (χ3v) is 7.18. The SMILES string of the molecule is CCN1CCN(c2cn(S(=O)(=O)c3ccc(F)cc3)c3ccc(OC)cc23)CC1. The van der Waals surface area contributed by atoms with E-state index in [1.165, 1.54) is 16.1 Å². The summed E-state index contributed by atoms with van der Waals surface area (Å²) < 4.78 is 46.5. The minimum absolute atomic E-state index is 0.0500. The first-order chi connectivity index (χ1) is 13.9. The highest BCUT2D eigenvalue weighted by Gasteiger charge is 2.25. The third-order valence-electron chi connectivity index (χ3n) is 5.49. The Balaban J connectivity index is 1.84. The summed E-state index contributed by atoms with van der Waals surface area (Å²) in [5.41, 5.74) is 1.43. The fraction of sp³-hybridized carbons (Fsp3) is 0.333. The number of halogens is 1. The molecule has 154 valence electrons. The van der Waals surface area contributed by atoms with Crippen LogP contribution >= 0.6 is 0 Å². The van der Waals surface area contributed by atoms with Gasteiger partial charge in [0.25, 0.3) is 10.0 Å². The second-order valence-corrected chi connectivity index (χ2v) is 8.89. The van der Waals surface area contributed by atoms with Crippen LogP contribution in [0.25, 0.3) is 10.9 Å². The maximum absolute atomic E-state index is 13.3. The summed E-state index contributed by atoms with van der Waals surface area (Å²) in [7, 11) is -2.27. The molecule has 6 nitrogen and oxygen atoms in total. The van der Waals surface area contributed by atoms with E-state index in [0.717, 1.165) is 55.9 Å². The molecule has 1 saturated heterocycles. The number of anilines is 1. The molecule has 0 N–H and O–H groups in total. The van der Waals surface area contributed by atoms with Crippen LogP contribution in [0.3, 0.4) is 0 Å². The number of rotatable bonds is 5. The Morgan fingerprint density at radius 2 is 1.72 bits per heavy atom. The van der Waals surface area contributed by atoms with E-state index in [0.29, 0.717) is 11.3 Å². The molecule has 1 aromatic heterocycles. The minimum Gasteiger partial charge on any atom is -0.497 e. The maximum atomic E-state index is 13.3. The summed E-state index contributed by atoms with van der Waals surface area (Å²) in [5, 5.41) is 0.819. The van der Waals surface area contributed by atoms with Gasteiger partial charge in [-0.3, -0.25) is 0 Å². The molecular weight excluding hydrogens is 393 g/mol. The highest BCUT2D eigenvalue weighted by Crippen LogP contribution is 2.35. The van der Waals surface area contributed by atoms with E-state index in [9.17, 15) is 12.8 Å². The van der Waals surface area contributed by atoms with Gasteiger partial charge in [0, 0.05) is 37.8 Å². The zero-order valence-electron chi connectivity index (χ0n) is 16.5. The smallest absolute Gasteiger partial charge is 0.268 e. The Morgan fingerprint density at radius 3 is 2.34 bits per heavy atom. The van der Waals surface area contributed by atoms with Crippen LogP contribution in [-0.2, 0) is 10.0 Å². The monoisotopic (exact) mass is 417 g/mol. The van der Waals surface area contributed by atoms with Gasteiger partial charge >= 0.3 is 0 Å². The molecule has 3 aromatic rings. The Morgan fingerprint density at radius 1 is 1.03 bits per heavy atom. The highest BCUT2D eigenvalue weighted by atomic mass is 32.2. The molecule has 2 heterocycles. The molecule has 0 atom stereocenters. The number of aromatic nitrogens is 1. The summed E-state index contributed by atoms with van der Waals surface area (Å²) in [6.07, 6.45) is 1.67. The number of ether oxygens (including phenoxy) is 1. The van der Waals surface area contributed by atoms with E-state index in [2.05, 4.69) is 16.7 Å². The molecule has 0 aliphatic carbocycles. The van der Waals surface area contributed by atoms with Crippen molar-refractivity contribution >= 4 is 26.6 Å². The molecule has 0 spiro atoms. The van der Waals surface area contributed by atoms with E-state index in [-0.39, 0.29) is 4.90 Å². The zero-order chi connectivity index (χ0) is 20.6. The lowest BCUT2D eigenvalue weighted by Gasteiger charge is -2.35. The van der Waals surface area contributed by atoms with Crippen LogP contribution in [0.1, 0.15) is 6.92 Å². The van der Waals surface area contributed by atoms with E-state index in [1.54, 1.807) is 25.4 Å². The standard InChI is InChI=1S/C21H24FN3O3S/c1-3-23-10-12-24(13-11-23)21-15-25(20-9-6-17(28-2)14-19(20)21)29(26,27)18-7-4-16(22)5-8-18/h4-9,14-15H,3,10-13H2,1-2H3. The predicted octanol–water partition coefficient (Wildman–Crippen LogP) is 3.17. The molecular formula is C21H24FN3O3S. The van der Waals surface area contributed by atoms with Gasteiger partial charge in [0.15, 0.2) is 0 Å². The van der Waals surface area contributed by atoms with E-state index >= 15 is 0 Å². The number of hydrogen-bond acceptors (Lipinski definition) is 5. The van der Waals surface area contributed by atoms with Crippen molar-refractivity contribution in [2.45, 2.75) is 11.8 Å². The van der Waals surface area contributed by atoms with Crippen molar-refractivity contribution in [3.63, 3.8) is 0 Å². The molecule has 2 aromatic carbocycles. The van der Waals surface area contributed by atoms with Gasteiger partial charge < -0.3 is 14.5 Å². The van der Waals surface area contributed by atoms with Gasteiger partial charge in [0.2, 0.25) is 0 Å². The van der Waals surface area contributed by atoms with Crippen LogP contribution in [0.2, 0.25) is 0 Å². The Hall–Kier alpha value is -2.58. The van der Waals surface area contributed by atoms with Crippen molar-refractivity contribution in [3.8, 4) is 5.75 Å². The average molecular weight is 418 g/mol. The van der Waals surface area contributed by atoms with Crippen molar-refractivity contribution in [1.29, 1.82) is 0 Å². The van der Waals surface area contributed by atoms with Crippen LogP contribution < -0.4 is 9.64 Å². The van der Waals surface area contributed by atoms with Crippen molar-refractivity contribution in [1.82, 2.24) is 8.87 Å². The fourth-order valence-corrected chi connectivity index (χ4v) is 5.13. The predicted molar refractivity (Wildman–Crippen MR) is 112 cm³/mol. The second kappa shape index (κ2) is 7.68.